The summed E-state index contributed by atoms with van der Waals surface area (Å²) in [6.45, 7) is 2.04. The summed E-state index contributed by atoms with van der Waals surface area (Å²) >= 11 is 0. The number of benzene rings is 1. The second-order valence-corrected chi connectivity index (χ2v) is 4.87. The molecule has 2 atom stereocenters. The van der Waals surface area contributed by atoms with E-state index < -0.39 is 0 Å². The summed E-state index contributed by atoms with van der Waals surface area (Å²) in [7, 11) is 6.11. The lowest BCUT2D eigenvalue weighted by Gasteiger charge is -2.28. The molecule has 0 saturated carbocycles. The number of rotatable bonds is 3. The fourth-order valence-electron chi connectivity index (χ4n) is 2.41. The number of fused-ring (bicyclic) bond motifs is 1. The first-order valence-electron chi connectivity index (χ1n) is 5.83. The molecule has 92 valence electrons. The Morgan fingerprint density at radius 3 is 2.65 bits per heavy atom. The molecule has 0 amide bonds. The lowest BCUT2D eigenvalue weighted by Crippen LogP contribution is -2.35. The van der Waals surface area contributed by atoms with Crippen LogP contribution in [0.3, 0.4) is 0 Å². The Labute approximate surface area is 102 Å². The van der Waals surface area contributed by atoms with Crippen molar-refractivity contribution in [2.45, 2.75) is 19.0 Å². The molecule has 2 aromatic rings. The Balaban J connectivity index is 2.47. The highest BCUT2D eigenvalue weighted by Gasteiger charge is 2.19. The van der Waals surface area contributed by atoms with Crippen molar-refractivity contribution >= 4 is 11.0 Å². The molecule has 0 spiro atoms. The van der Waals surface area contributed by atoms with E-state index in [0.29, 0.717) is 0 Å². The van der Waals surface area contributed by atoms with Crippen LogP contribution < -0.4 is 5.73 Å². The number of likely N-dealkylation sites (N-methyl/N-ethyl adjacent to an activating group) is 1. The summed E-state index contributed by atoms with van der Waals surface area (Å²) in [6, 6.07) is 6.69. The molecule has 17 heavy (non-hydrogen) atoms. The molecular formula is C13H20N4. The molecule has 0 aliphatic heterocycles. The number of aryl methyl sites for hydroxylation is 1. The van der Waals surface area contributed by atoms with Gasteiger partial charge in [-0.25, -0.2) is 4.98 Å². The lowest BCUT2D eigenvalue weighted by molar-refractivity contribution is 0.266. The summed E-state index contributed by atoms with van der Waals surface area (Å²) < 4.78 is 2.02. The maximum atomic E-state index is 6.05. The molecule has 0 aliphatic carbocycles. The van der Waals surface area contributed by atoms with Crippen LogP contribution in [0.15, 0.2) is 24.5 Å². The van der Waals surface area contributed by atoms with Gasteiger partial charge in [0.2, 0.25) is 0 Å². The van der Waals surface area contributed by atoms with Crippen LogP contribution in [0.5, 0.6) is 0 Å². The second-order valence-electron chi connectivity index (χ2n) is 4.87. The van der Waals surface area contributed by atoms with Crippen LogP contribution >= 0.6 is 0 Å². The van der Waals surface area contributed by atoms with Gasteiger partial charge in [0, 0.05) is 19.1 Å². The SMILES string of the molecule is CC(N)C(c1ccc2c(c1)ncn2C)N(C)C. The maximum absolute atomic E-state index is 6.05. The molecule has 4 heteroatoms. The Morgan fingerprint density at radius 2 is 2.06 bits per heavy atom. The van der Waals surface area contributed by atoms with Crippen LogP contribution in [-0.2, 0) is 7.05 Å². The Morgan fingerprint density at radius 1 is 1.35 bits per heavy atom. The van der Waals surface area contributed by atoms with Crippen LogP contribution in [0, 0.1) is 0 Å². The van der Waals surface area contributed by atoms with Crippen molar-refractivity contribution in [2.75, 3.05) is 14.1 Å². The number of imidazole rings is 1. The van der Waals surface area contributed by atoms with Crippen molar-refractivity contribution in [1.82, 2.24) is 14.5 Å². The topological polar surface area (TPSA) is 47.1 Å². The summed E-state index contributed by atoms with van der Waals surface area (Å²) in [5, 5.41) is 0. The highest BCUT2D eigenvalue weighted by atomic mass is 15.1. The van der Waals surface area contributed by atoms with Gasteiger partial charge in [-0.2, -0.15) is 0 Å². The third kappa shape index (κ3) is 2.18. The first-order chi connectivity index (χ1) is 8.00. The number of nitrogens with zero attached hydrogens (tertiary/aromatic N) is 3. The van der Waals surface area contributed by atoms with E-state index in [1.807, 2.05) is 24.9 Å². The van der Waals surface area contributed by atoms with Crippen LogP contribution in [0.1, 0.15) is 18.5 Å². The first-order valence-corrected chi connectivity index (χ1v) is 5.83. The average Bonchev–Trinajstić information content (AvgIpc) is 2.59. The molecule has 1 aromatic heterocycles. The minimum atomic E-state index is 0.0890. The summed E-state index contributed by atoms with van der Waals surface area (Å²) in [4.78, 5) is 6.53. The Hall–Kier alpha value is -1.39. The molecule has 0 fully saturated rings. The summed E-state index contributed by atoms with van der Waals surface area (Å²) in [5.74, 6) is 0. The van der Waals surface area contributed by atoms with E-state index in [2.05, 4.69) is 42.2 Å². The van der Waals surface area contributed by atoms with Gasteiger partial charge in [-0.3, -0.25) is 0 Å². The van der Waals surface area contributed by atoms with Gasteiger partial charge >= 0.3 is 0 Å². The van der Waals surface area contributed by atoms with Crippen LogP contribution in [0.4, 0.5) is 0 Å². The molecular weight excluding hydrogens is 212 g/mol. The van der Waals surface area contributed by atoms with Gasteiger partial charge in [0.15, 0.2) is 0 Å². The second kappa shape index (κ2) is 4.47. The molecule has 2 rings (SSSR count). The van der Waals surface area contributed by atoms with Crippen molar-refractivity contribution in [1.29, 1.82) is 0 Å². The van der Waals surface area contributed by atoms with Gasteiger partial charge in [-0.15, -0.1) is 0 Å². The first kappa shape index (κ1) is 12.1. The monoisotopic (exact) mass is 232 g/mol. The van der Waals surface area contributed by atoms with E-state index in [0.717, 1.165) is 11.0 Å². The molecule has 2 unspecified atom stereocenters. The summed E-state index contributed by atoms with van der Waals surface area (Å²) in [6.07, 6.45) is 1.84. The number of hydrogen-bond donors (Lipinski definition) is 1. The third-order valence-corrected chi connectivity index (χ3v) is 3.15. The lowest BCUT2D eigenvalue weighted by atomic mass is 9.99. The van der Waals surface area contributed by atoms with Crippen molar-refractivity contribution < 1.29 is 0 Å². The van der Waals surface area contributed by atoms with Gasteiger partial charge in [-0.1, -0.05) is 6.07 Å². The average molecular weight is 232 g/mol. The quantitative estimate of drug-likeness (QED) is 0.873. The smallest absolute Gasteiger partial charge is 0.0955 e. The molecule has 4 nitrogen and oxygen atoms in total. The van der Waals surface area contributed by atoms with Gasteiger partial charge in [0.1, 0.15) is 0 Å². The molecule has 0 saturated heterocycles. The van der Waals surface area contributed by atoms with E-state index in [-0.39, 0.29) is 12.1 Å². The predicted octanol–water partition coefficient (Wildman–Crippen LogP) is 1.52. The fourth-order valence-corrected chi connectivity index (χ4v) is 2.41. The largest absolute Gasteiger partial charge is 0.334 e. The Kier molecular flexibility index (Phi) is 3.17. The van der Waals surface area contributed by atoms with Crippen LogP contribution in [0.2, 0.25) is 0 Å². The molecule has 2 N–H and O–H groups in total. The molecule has 1 aromatic carbocycles. The number of nitrogens with two attached hydrogens (primary N) is 1. The molecule has 0 radical (unpaired) electrons. The third-order valence-electron chi connectivity index (χ3n) is 3.15. The minimum Gasteiger partial charge on any atom is -0.334 e. The maximum Gasteiger partial charge on any atom is 0.0955 e. The van der Waals surface area contributed by atoms with E-state index in [1.54, 1.807) is 0 Å². The van der Waals surface area contributed by atoms with Gasteiger partial charge in [0.05, 0.1) is 17.4 Å². The van der Waals surface area contributed by atoms with Crippen molar-refractivity contribution in [3.8, 4) is 0 Å². The highest BCUT2D eigenvalue weighted by Crippen LogP contribution is 2.24. The van der Waals surface area contributed by atoms with Crippen molar-refractivity contribution in [3.63, 3.8) is 0 Å². The van der Waals surface area contributed by atoms with Gasteiger partial charge in [-0.05, 0) is 38.7 Å². The zero-order chi connectivity index (χ0) is 12.6. The van der Waals surface area contributed by atoms with E-state index in [4.69, 9.17) is 5.73 Å². The molecule has 1 heterocycles. The zero-order valence-electron chi connectivity index (χ0n) is 10.9. The normalized spacial score (nSPS) is 15.4. The Bertz CT molecular complexity index is 505. The van der Waals surface area contributed by atoms with Crippen molar-refractivity contribution in [2.24, 2.45) is 12.8 Å². The van der Waals surface area contributed by atoms with Gasteiger partial charge < -0.3 is 15.2 Å². The van der Waals surface area contributed by atoms with Crippen molar-refractivity contribution in [3.05, 3.63) is 30.1 Å². The summed E-state index contributed by atoms with van der Waals surface area (Å²) in [5.41, 5.74) is 9.44. The molecule has 0 aliphatic rings. The predicted molar refractivity (Wildman–Crippen MR) is 70.8 cm³/mol. The fraction of sp³-hybridized carbons (Fsp3) is 0.462. The van der Waals surface area contributed by atoms with Crippen LogP contribution in [0.25, 0.3) is 11.0 Å². The standard InChI is InChI=1S/C13H20N4/c1-9(14)13(16(2)3)10-5-6-12-11(7-10)15-8-17(12)4/h5-9,13H,14H2,1-4H3. The van der Waals surface area contributed by atoms with E-state index in [1.165, 1.54) is 5.56 Å². The van der Waals surface area contributed by atoms with Gasteiger partial charge in [0.25, 0.3) is 0 Å². The van der Waals surface area contributed by atoms with Crippen LogP contribution in [-0.4, -0.2) is 34.6 Å². The number of hydrogen-bond acceptors (Lipinski definition) is 3. The number of aromatic nitrogens is 2. The highest BCUT2D eigenvalue weighted by molar-refractivity contribution is 5.76. The van der Waals surface area contributed by atoms with E-state index >= 15 is 0 Å². The molecule has 0 bridgehead atoms. The minimum absolute atomic E-state index is 0.0890. The van der Waals surface area contributed by atoms with E-state index in [9.17, 15) is 0 Å². The zero-order valence-corrected chi connectivity index (χ0v) is 10.9.